The van der Waals surface area contributed by atoms with E-state index in [1.54, 1.807) is 24.3 Å². The van der Waals surface area contributed by atoms with Crippen LogP contribution in [0.5, 0.6) is 0 Å². The van der Waals surface area contributed by atoms with Crippen molar-refractivity contribution in [2.75, 3.05) is 5.32 Å². The van der Waals surface area contributed by atoms with Crippen molar-refractivity contribution in [3.05, 3.63) is 59.3 Å². The Labute approximate surface area is 131 Å². The van der Waals surface area contributed by atoms with E-state index in [9.17, 15) is 21.6 Å². The van der Waals surface area contributed by atoms with Gasteiger partial charge in [-0.25, -0.2) is 18.5 Å². The highest BCUT2D eigenvalue weighted by Gasteiger charge is 2.30. The number of sulfonamides is 1. The van der Waals surface area contributed by atoms with E-state index in [0.29, 0.717) is 17.9 Å². The minimum atomic E-state index is -4.41. The maximum atomic E-state index is 12.4. The van der Waals surface area contributed by atoms with Crippen LogP contribution in [0.15, 0.2) is 42.6 Å². The van der Waals surface area contributed by atoms with E-state index in [0.717, 1.165) is 17.8 Å². The van der Waals surface area contributed by atoms with Crippen LogP contribution in [0.25, 0.3) is 0 Å². The molecule has 5 nitrogen and oxygen atoms in total. The number of pyridine rings is 1. The van der Waals surface area contributed by atoms with Gasteiger partial charge in [0.1, 0.15) is 5.82 Å². The van der Waals surface area contributed by atoms with Crippen LogP contribution in [-0.2, 0) is 28.5 Å². The van der Waals surface area contributed by atoms with E-state index in [1.165, 1.54) is 6.07 Å². The number of nitrogens with one attached hydrogen (secondary N) is 1. The lowest BCUT2D eigenvalue weighted by Crippen LogP contribution is -2.14. The molecule has 0 bridgehead atoms. The molecule has 0 atom stereocenters. The van der Waals surface area contributed by atoms with Gasteiger partial charge in [-0.2, -0.15) is 13.2 Å². The Morgan fingerprint density at radius 2 is 1.65 bits per heavy atom. The predicted octanol–water partition coefficient (Wildman–Crippen LogP) is 2.50. The Hall–Kier alpha value is -2.13. The van der Waals surface area contributed by atoms with Gasteiger partial charge < -0.3 is 5.32 Å². The van der Waals surface area contributed by atoms with Gasteiger partial charge >= 0.3 is 6.18 Å². The van der Waals surface area contributed by atoms with Gasteiger partial charge in [0.2, 0.25) is 10.0 Å². The number of halogens is 3. The zero-order valence-electron chi connectivity index (χ0n) is 11.8. The number of nitrogens with zero attached hydrogens (tertiary/aromatic N) is 1. The second-order valence-electron chi connectivity index (χ2n) is 4.91. The van der Waals surface area contributed by atoms with E-state index < -0.39 is 21.8 Å². The number of primary sulfonamides is 1. The first kappa shape index (κ1) is 17.2. The highest BCUT2D eigenvalue weighted by atomic mass is 32.2. The van der Waals surface area contributed by atoms with Crippen molar-refractivity contribution >= 4 is 15.8 Å². The summed E-state index contributed by atoms with van der Waals surface area (Å²) in [6.07, 6.45) is -3.65. The van der Waals surface area contributed by atoms with Gasteiger partial charge in [0.15, 0.2) is 0 Å². The van der Waals surface area contributed by atoms with Crippen molar-refractivity contribution in [1.82, 2.24) is 4.98 Å². The molecule has 0 radical (unpaired) electrons. The molecule has 9 heteroatoms. The molecule has 0 saturated heterocycles. The largest absolute Gasteiger partial charge is 0.417 e. The lowest BCUT2D eigenvalue weighted by Gasteiger charge is -2.09. The molecule has 0 aliphatic carbocycles. The first-order chi connectivity index (χ1) is 10.6. The van der Waals surface area contributed by atoms with Crippen molar-refractivity contribution < 1.29 is 21.6 Å². The number of rotatable bonds is 5. The van der Waals surface area contributed by atoms with Crippen molar-refractivity contribution in [3.63, 3.8) is 0 Å². The highest BCUT2D eigenvalue weighted by Crippen LogP contribution is 2.28. The third kappa shape index (κ3) is 5.53. The minimum Gasteiger partial charge on any atom is -0.366 e. The van der Waals surface area contributed by atoms with Crippen molar-refractivity contribution in [2.45, 2.75) is 18.5 Å². The molecule has 0 aliphatic rings. The number of anilines is 1. The third-order valence-corrected chi connectivity index (χ3v) is 3.69. The fourth-order valence-corrected chi connectivity index (χ4v) is 2.50. The van der Waals surface area contributed by atoms with Gasteiger partial charge in [-0.3, -0.25) is 0 Å². The van der Waals surface area contributed by atoms with Crippen LogP contribution in [0.2, 0.25) is 0 Å². The van der Waals surface area contributed by atoms with Crippen LogP contribution in [0, 0.1) is 0 Å². The minimum absolute atomic E-state index is 0.249. The number of hydrogen-bond acceptors (Lipinski definition) is 4. The monoisotopic (exact) mass is 345 g/mol. The predicted molar refractivity (Wildman–Crippen MR) is 79.8 cm³/mol. The topological polar surface area (TPSA) is 85.1 Å². The van der Waals surface area contributed by atoms with Crippen LogP contribution >= 0.6 is 0 Å². The lowest BCUT2D eigenvalue weighted by atomic mass is 10.1. The van der Waals surface area contributed by atoms with Gasteiger partial charge in [0, 0.05) is 12.7 Å². The summed E-state index contributed by atoms with van der Waals surface area (Å²) in [5.74, 6) is 0.0628. The molecule has 2 rings (SSSR count). The third-order valence-electron chi connectivity index (χ3n) is 2.96. The molecule has 0 amide bonds. The smallest absolute Gasteiger partial charge is 0.366 e. The average Bonchev–Trinajstić information content (AvgIpc) is 2.44. The quantitative estimate of drug-likeness (QED) is 0.872. The maximum Gasteiger partial charge on any atom is 0.417 e. The van der Waals surface area contributed by atoms with Crippen LogP contribution in [0.3, 0.4) is 0 Å². The summed E-state index contributed by atoms with van der Waals surface area (Å²) in [6.45, 7) is 0.341. The van der Waals surface area contributed by atoms with Gasteiger partial charge in [-0.15, -0.1) is 0 Å². The van der Waals surface area contributed by atoms with E-state index in [-0.39, 0.29) is 5.75 Å². The molecular formula is C14H14F3N3O2S. The summed E-state index contributed by atoms with van der Waals surface area (Å²) in [5, 5.41) is 7.84. The fraction of sp³-hybridized carbons (Fsp3) is 0.214. The normalized spacial score (nSPS) is 12.2. The summed E-state index contributed by atoms with van der Waals surface area (Å²) < 4.78 is 59.2. The summed E-state index contributed by atoms with van der Waals surface area (Å²) >= 11 is 0. The molecule has 1 aromatic heterocycles. The first-order valence-electron chi connectivity index (χ1n) is 6.49. The number of aromatic nitrogens is 1. The second-order valence-corrected chi connectivity index (χ2v) is 6.52. The molecule has 0 saturated carbocycles. The molecule has 3 N–H and O–H groups in total. The first-order valence-corrected chi connectivity index (χ1v) is 8.20. The molecule has 0 fully saturated rings. The summed E-state index contributed by atoms with van der Waals surface area (Å²) in [7, 11) is -3.58. The average molecular weight is 345 g/mol. The van der Waals surface area contributed by atoms with Gasteiger partial charge in [0.05, 0.1) is 11.3 Å². The van der Waals surface area contributed by atoms with Gasteiger partial charge in [-0.05, 0) is 23.3 Å². The van der Waals surface area contributed by atoms with Crippen LogP contribution in [0.4, 0.5) is 19.0 Å². The number of benzene rings is 1. The van der Waals surface area contributed by atoms with E-state index in [1.807, 2.05) is 0 Å². The van der Waals surface area contributed by atoms with E-state index in [2.05, 4.69) is 10.3 Å². The molecule has 1 aromatic carbocycles. The van der Waals surface area contributed by atoms with Crippen molar-refractivity contribution in [1.29, 1.82) is 0 Å². The number of hydrogen-bond donors (Lipinski definition) is 2. The summed E-state index contributed by atoms with van der Waals surface area (Å²) in [5.41, 5.74) is 0.573. The maximum absolute atomic E-state index is 12.4. The standard InChI is InChI=1S/C14H14F3N3O2S/c15-14(16,17)12-5-6-13(20-8-12)19-7-10-1-3-11(4-2-10)9-23(18,21)22/h1-6,8H,7,9H2,(H,19,20)(H2,18,21,22). The molecular weight excluding hydrogens is 331 g/mol. The SMILES string of the molecule is NS(=O)(=O)Cc1ccc(CNc2ccc(C(F)(F)F)cn2)cc1. The Kier molecular flexibility index (Phi) is 4.90. The Bertz CT molecular complexity index is 757. The molecule has 0 spiro atoms. The molecule has 2 aromatic rings. The molecule has 124 valence electrons. The van der Waals surface area contributed by atoms with Gasteiger partial charge in [-0.1, -0.05) is 24.3 Å². The lowest BCUT2D eigenvalue weighted by molar-refractivity contribution is -0.137. The summed E-state index contributed by atoms with van der Waals surface area (Å²) in [6, 6.07) is 8.86. The van der Waals surface area contributed by atoms with Crippen molar-refractivity contribution in [2.24, 2.45) is 5.14 Å². The highest BCUT2D eigenvalue weighted by molar-refractivity contribution is 7.88. The molecule has 0 aliphatic heterocycles. The van der Waals surface area contributed by atoms with Crippen molar-refractivity contribution in [3.8, 4) is 0 Å². The van der Waals surface area contributed by atoms with E-state index >= 15 is 0 Å². The number of alkyl halides is 3. The Morgan fingerprint density at radius 3 is 2.13 bits per heavy atom. The Morgan fingerprint density at radius 1 is 1.04 bits per heavy atom. The number of nitrogens with two attached hydrogens (primary N) is 1. The fourth-order valence-electron chi connectivity index (χ4n) is 1.84. The summed E-state index contributed by atoms with van der Waals surface area (Å²) in [4.78, 5) is 3.70. The molecule has 1 heterocycles. The zero-order valence-corrected chi connectivity index (χ0v) is 12.7. The second kappa shape index (κ2) is 6.55. The molecule has 0 unspecified atom stereocenters. The van der Waals surface area contributed by atoms with Crippen LogP contribution in [0.1, 0.15) is 16.7 Å². The van der Waals surface area contributed by atoms with E-state index in [4.69, 9.17) is 5.14 Å². The Balaban J connectivity index is 1.96. The van der Waals surface area contributed by atoms with Crippen LogP contribution in [-0.4, -0.2) is 13.4 Å². The van der Waals surface area contributed by atoms with Crippen LogP contribution < -0.4 is 10.5 Å². The zero-order chi connectivity index (χ0) is 17.1. The van der Waals surface area contributed by atoms with Gasteiger partial charge in [0.25, 0.3) is 0 Å². The molecule has 23 heavy (non-hydrogen) atoms.